The Bertz CT molecular complexity index is 1040. The predicted octanol–water partition coefficient (Wildman–Crippen LogP) is 3.76. The molecular weight excluding hydrogens is 314 g/mol. The molecule has 0 aliphatic carbocycles. The SMILES string of the molecule is CC(F)(F)c1nccc2cc(Nc3n[nH]c4nccnc34)ccc12. The van der Waals surface area contributed by atoms with Crippen molar-refractivity contribution in [1.82, 2.24) is 25.1 Å². The van der Waals surface area contributed by atoms with E-state index in [1.807, 2.05) is 0 Å². The van der Waals surface area contributed by atoms with E-state index in [4.69, 9.17) is 0 Å². The molecule has 3 aromatic heterocycles. The van der Waals surface area contributed by atoms with Crippen LogP contribution in [0.25, 0.3) is 21.9 Å². The fourth-order valence-corrected chi connectivity index (χ4v) is 2.58. The zero-order valence-electron chi connectivity index (χ0n) is 12.6. The van der Waals surface area contributed by atoms with Gasteiger partial charge in [-0.25, -0.2) is 9.97 Å². The molecule has 8 heteroatoms. The number of alkyl halides is 2. The van der Waals surface area contributed by atoms with Crippen molar-refractivity contribution in [3.05, 3.63) is 48.5 Å². The summed E-state index contributed by atoms with van der Waals surface area (Å²) in [6, 6.07) is 6.79. The van der Waals surface area contributed by atoms with Crippen molar-refractivity contribution >= 4 is 33.4 Å². The van der Waals surface area contributed by atoms with Gasteiger partial charge in [0.2, 0.25) is 0 Å². The molecule has 0 saturated carbocycles. The summed E-state index contributed by atoms with van der Waals surface area (Å²) in [6.45, 7) is 0.843. The fourth-order valence-electron chi connectivity index (χ4n) is 2.58. The van der Waals surface area contributed by atoms with Gasteiger partial charge < -0.3 is 5.32 Å². The molecule has 4 aromatic rings. The van der Waals surface area contributed by atoms with Crippen molar-refractivity contribution < 1.29 is 8.78 Å². The molecular formula is C16H12F2N6. The molecule has 0 fully saturated rings. The summed E-state index contributed by atoms with van der Waals surface area (Å²) < 4.78 is 27.3. The average molecular weight is 326 g/mol. The number of hydrogen-bond acceptors (Lipinski definition) is 5. The van der Waals surface area contributed by atoms with E-state index in [1.165, 1.54) is 6.20 Å². The lowest BCUT2D eigenvalue weighted by Crippen LogP contribution is -2.10. The van der Waals surface area contributed by atoms with Crippen LogP contribution >= 0.6 is 0 Å². The van der Waals surface area contributed by atoms with Gasteiger partial charge in [-0.2, -0.15) is 13.9 Å². The van der Waals surface area contributed by atoms with E-state index in [0.29, 0.717) is 33.4 Å². The number of halogens is 2. The first-order valence-electron chi connectivity index (χ1n) is 7.21. The van der Waals surface area contributed by atoms with Crippen LogP contribution in [0.1, 0.15) is 12.6 Å². The molecule has 4 rings (SSSR count). The summed E-state index contributed by atoms with van der Waals surface area (Å²) in [5.74, 6) is -2.48. The number of nitrogens with zero attached hydrogens (tertiary/aromatic N) is 4. The minimum Gasteiger partial charge on any atom is -0.337 e. The van der Waals surface area contributed by atoms with E-state index < -0.39 is 5.92 Å². The summed E-state index contributed by atoms with van der Waals surface area (Å²) in [4.78, 5) is 12.2. The molecule has 0 radical (unpaired) electrons. The third kappa shape index (κ3) is 2.41. The van der Waals surface area contributed by atoms with E-state index in [2.05, 4.69) is 30.5 Å². The van der Waals surface area contributed by atoms with Crippen molar-refractivity contribution in [1.29, 1.82) is 0 Å². The lowest BCUT2D eigenvalue weighted by Gasteiger charge is -2.13. The van der Waals surface area contributed by atoms with Gasteiger partial charge in [-0.1, -0.05) is 6.07 Å². The molecule has 6 nitrogen and oxygen atoms in total. The van der Waals surface area contributed by atoms with Crippen LogP contribution in [0.3, 0.4) is 0 Å². The highest BCUT2D eigenvalue weighted by molar-refractivity contribution is 5.90. The van der Waals surface area contributed by atoms with Gasteiger partial charge in [-0.15, -0.1) is 0 Å². The number of anilines is 2. The second kappa shape index (κ2) is 5.19. The normalized spacial score (nSPS) is 12.0. The maximum atomic E-state index is 13.7. The third-order valence-electron chi connectivity index (χ3n) is 3.64. The Labute approximate surface area is 135 Å². The number of rotatable bonds is 3. The number of pyridine rings is 1. The summed E-state index contributed by atoms with van der Waals surface area (Å²) in [7, 11) is 0. The fraction of sp³-hybridized carbons (Fsp3) is 0.125. The highest BCUT2D eigenvalue weighted by Crippen LogP contribution is 2.32. The standard InChI is InChI=1S/C16H12F2N6/c1-16(17,18)13-11-3-2-10(8-9(11)4-5-20-13)22-15-12-14(23-24-15)21-7-6-19-12/h2-8H,1H3,(H2,21,22,23,24). The first-order chi connectivity index (χ1) is 11.5. The van der Waals surface area contributed by atoms with E-state index in [-0.39, 0.29) is 5.69 Å². The molecule has 0 saturated heterocycles. The maximum absolute atomic E-state index is 13.7. The number of aromatic amines is 1. The number of hydrogen-bond donors (Lipinski definition) is 2. The van der Waals surface area contributed by atoms with Crippen LogP contribution in [0.4, 0.5) is 20.3 Å². The van der Waals surface area contributed by atoms with Crippen LogP contribution in [0.5, 0.6) is 0 Å². The van der Waals surface area contributed by atoms with Gasteiger partial charge in [-0.05, 0) is 23.6 Å². The minimum absolute atomic E-state index is 0.234. The van der Waals surface area contributed by atoms with Gasteiger partial charge in [0.1, 0.15) is 5.69 Å². The second-order valence-corrected chi connectivity index (χ2v) is 5.43. The van der Waals surface area contributed by atoms with Crippen molar-refractivity contribution in [3.8, 4) is 0 Å². The van der Waals surface area contributed by atoms with E-state index in [9.17, 15) is 8.78 Å². The maximum Gasteiger partial charge on any atom is 0.287 e. The zero-order chi connectivity index (χ0) is 16.7. The molecule has 0 aliphatic rings. The molecule has 0 aliphatic heterocycles. The summed E-state index contributed by atoms with van der Waals surface area (Å²) in [6.07, 6.45) is 4.53. The van der Waals surface area contributed by atoms with Gasteiger partial charge in [0.25, 0.3) is 5.92 Å². The molecule has 0 amide bonds. The van der Waals surface area contributed by atoms with Gasteiger partial charge in [0, 0.05) is 36.6 Å². The van der Waals surface area contributed by atoms with E-state index in [1.54, 1.807) is 36.7 Å². The van der Waals surface area contributed by atoms with E-state index >= 15 is 0 Å². The number of benzene rings is 1. The van der Waals surface area contributed by atoms with Gasteiger partial charge in [-0.3, -0.25) is 10.1 Å². The monoisotopic (exact) mass is 326 g/mol. The highest BCUT2D eigenvalue weighted by Gasteiger charge is 2.28. The van der Waals surface area contributed by atoms with Gasteiger partial charge in [0.15, 0.2) is 17.0 Å². The molecule has 0 atom stereocenters. The smallest absolute Gasteiger partial charge is 0.287 e. The van der Waals surface area contributed by atoms with Crippen LogP contribution in [0, 0.1) is 0 Å². The lowest BCUT2D eigenvalue weighted by molar-refractivity contribution is 0.0145. The van der Waals surface area contributed by atoms with Crippen LogP contribution in [-0.4, -0.2) is 25.1 Å². The lowest BCUT2D eigenvalue weighted by atomic mass is 10.1. The highest BCUT2D eigenvalue weighted by atomic mass is 19.3. The number of nitrogens with one attached hydrogen (secondary N) is 2. The van der Waals surface area contributed by atoms with Gasteiger partial charge >= 0.3 is 0 Å². The Morgan fingerprint density at radius 2 is 1.88 bits per heavy atom. The van der Waals surface area contributed by atoms with Crippen LogP contribution < -0.4 is 5.32 Å². The molecule has 2 N–H and O–H groups in total. The van der Waals surface area contributed by atoms with Gasteiger partial charge in [0.05, 0.1) is 0 Å². The van der Waals surface area contributed by atoms with Crippen molar-refractivity contribution in [3.63, 3.8) is 0 Å². The molecule has 0 unspecified atom stereocenters. The quantitative estimate of drug-likeness (QED) is 0.599. The molecule has 0 bridgehead atoms. The Morgan fingerprint density at radius 1 is 1.04 bits per heavy atom. The predicted molar refractivity (Wildman–Crippen MR) is 86.3 cm³/mol. The molecule has 3 heterocycles. The van der Waals surface area contributed by atoms with E-state index in [0.717, 1.165) is 6.92 Å². The van der Waals surface area contributed by atoms with Crippen molar-refractivity contribution in [2.24, 2.45) is 0 Å². The van der Waals surface area contributed by atoms with Crippen molar-refractivity contribution in [2.45, 2.75) is 12.8 Å². The first kappa shape index (κ1) is 14.4. The summed E-state index contributed by atoms with van der Waals surface area (Å²) in [5, 5.41) is 11.1. The molecule has 1 aromatic carbocycles. The third-order valence-corrected chi connectivity index (χ3v) is 3.64. The zero-order valence-corrected chi connectivity index (χ0v) is 12.6. The number of H-pyrrole nitrogens is 1. The Balaban J connectivity index is 1.76. The first-order valence-corrected chi connectivity index (χ1v) is 7.21. The second-order valence-electron chi connectivity index (χ2n) is 5.43. The van der Waals surface area contributed by atoms with Crippen LogP contribution in [0.15, 0.2) is 42.9 Å². The molecule has 120 valence electrons. The Morgan fingerprint density at radius 3 is 2.71 bits per heavy atom. The number of fused-ring (bicyclic) bond motifs is 2. The largest absolute Gasteiger partial charge is 0.337 e. The summed E-state index contributed by atoms with van der Waals surface area (Å²) >= 11 is 0. The number of aromatic nitrogens is 5. The molecule has 24 heavy (non-hydrogen) atoms. The Hall–Kier alpha value is -3.16. The summed E-state index contributed by atoms with van der Waals surface area (Å²) in [5.41, 5.74) is 1.65. The minimum atomic E-state index is -3.00. The average Bonchev–Trinajstić information content (AvgIpc) is 2.96. The topological polar surface area (TPSA) is 79.4 Å². The van der Waals surface area contributed by atoms with Crippen molar-refractivity contribution in [2.75, 3.05) is 5.32 Å². The molecule has 0 spiro atoms. The van der Waals surface area contributed by atoms with Crippen LogP contribution in [0.2, 0.25) is 0 Å². The Kier molecular flexibility index (Phi) is 3.12. The van der Waals surface area contributed by atoms with Crippen LogP contribution in [-0.2, 0) is 5.92 Å².